The summed E-state index contributed by atoms with van der Waals surface area (Å²) in [4.78, 5) is 17.5. The molecule has 3 heterocycles. The van der Waals surface area contributed by atoms with Crippen molar-refractivity contribution in [1.29, 1.82) is 0 Å². The molecule has 0 bridgehead atoms. The second-order valence-electron chi connectivity index (χ2n) is 9.37. The maximum atomic E-state index is 14.0. The van der Waals surface area contributed by atoms with E-state index in [0.717, 1.165) is 24.1 Å². The maximum Gasteiger partial charge on any atom is 0.323 e. The van der Waals surface area contributed by atoms with Crippen LogP contribution in [-0.2, 0) is 19.4 Å². The van der Waals surface area contributed by atoms with Crippen molar-refractivity contribution in [2.75, 3.05) is 12.4 Å². The van der Waals surface area contributed by atoms with E-state index in [1.54, 1.807) is 7.11 Å². The molecule has 0 saturated heterocycles. The lowest BCUT2D eigenvalue weighted by Crippen LogP contribution is -2.38. The molecule has 5 nitrogen and oxygen atoms in total. The zero-order valence-electron chi connectivity index (χ0n) is 20.1. The summed E-state index contributed by atoms with van der Waals surface area (Å²) in [5.41, 5.74) is 6.84. The summed E-state index contributed by atoms with van der Waals surface area (Å²) in [7, 11) is 1.63. The van der Waals surface area contributed by atoms with Crippen molar-refractivity contribution >= 4 is 23.1 Å². The fourth-order valence-electron chi connectivity index (χ4n) is 5.51. The number of urea groups is 1. The number of anilines is 1. The number of benzene rings is 2. The Morgan fingerprint density at radius 3 is 2.74 bits per heavy atom. The Morgan fingerprint density at radius 2 is 1.89 bits per heavy atom. The molecule has 2 aromatic carbocycles. The van der Waals surface area contributed by atoms with Crippen LogP contribution in [0.15, 0.2) is 66.9 Å². The van der Waals surface area contributed by atoms with E-state index in [1.807, 2.05) is 40.5 Å². The number of methoxy groups -OCH3 is 1. The third-order valence-electron chi connectivity index (χ3n) is 7.15. The predicted octanol–water partition coefficient (Wildman–Crippen LogP) is 6.87. The van der Waals surface area contributed by atoms with Crippen molar-refractivity contribution in [3.05, 3.63) is 99.7 Å². The summed E-state index contributed by atoms with van der Waals surface area (Å²) >= 11 is 1.91. The van der Waals surface area contributed by atoms with Gasteiger partial charge in [-0.15, -0.1) is 11.3 Å². The number of carbonyl (C=O) groups is 1. The van der Waals surface area contributed by atoms with Crippen molar-refractivity contribution < 1.29 is 9.53 Å². The van der Waals surface area contributed by atoms with Crippen LogP contribution in [0.4, 0.5) is 10.5 Å². The van der Waals surface area contributed by atoms with Crippen LogP contribution < -0.4 is 10.1 Å². The average molecular weight is 484 g/mol. The Kier molecular flexibility index (Phi) is 5.61. The summed E-state index contributed by atoms with van der Waals surface area (Å²) < 4.78 is 7.83. The number of fused-ring (bicyclic) bond motifs is 5. The smallest absolute Gasteiger partial charge is 0.323 e. The van der Waals surface area contributed by atoms with Gasteiger partial charge in [0.1, 0.15) is 10.8 Å². The lowest BCUT2D eigenvalue weighted by molar-refractivity contribution is 0.194. The van der Waals surface area contributed by atoms with E-state index >= 15 is 0 Å². The molecule has 0 fully saturated rings. The van der Waals surface area contributed by atoms with E-state index in [-0.39, 0.29) is 12.1 Å². The molecule has 0 unspecified atom stereocenters. The zero-order chi connectivity index (χ0) is 23.9. The van der Waals surface area contributed by atoms with Crippen LogP contribution in [0.1, 0.15) is 51.7 Å². The van der Waals surface area contributed by atoms with Crippen molar-refractivity contribution in [3.8, 4) is 10.8 Å². The zero-order valence-corrected chi connectivity index (χ0v) is 20.9. The molecule has 2 amide bonds. The molecule has 6 heteroatoms. The molecule has 0 radical (unpaired) electrons. The number of nitrogens with zero attached hydrogens (tertiary/aromatic N) is 2. The predicted molar refractivity (Wildman–Crippen MR) is 141 cm³/mol. The molecule has 1 N–H and O–H groups in total. The highest BCUT2D eigenvalue weighted by molar-refractivity contribution is 7.15. The molecule has 178 valence electrons. The molecule has 0 spiro atoms. The molecule has 2 aromatic heterocycles. The van der Waals surface area contributed by atoms with E-state index in [2.05, 4.69) is 59.4 Å². The normalized spacial score (nSPS) is 16.6. The first kappa shape index (κ1) is 22.0. The van der Waals surface area contributed by atoms with Gasteiger partial charge in [-0.1, -0.05) is 42.0 Å². The van der Waals surface area contributed by atoms with Crippen molar-refractivity contribution in [3.63, 3.8) is 0 Å². The summed E-state index contributed by atoms with van der Waals surface area (Å²) in [5.74, 6) is 0.653. The molecule has 1 atom stereocenters. The molecule has 2 aliphatic rings. The van der Waals surface area contributed by atoms with Crippen LogP contribution in [0.2, 0.25) is 0 Å². The number of thiophene rings is 1. The highest BCUT2D eigenvalue weighted by Crippen LogP contribution is 2.44. The van der Waals surface area contributed by atoms with Gasteiger partial charge in [0.25, 0.3) is 0 Å². The topological polar surface area (TPSA) is 46.5 Å². The lowest BCUT2D eigenvalue weighted by atomic mass is 9.95. The number of hydrogen-bond acceptors (Lipinski definition) is 3. The van der Waals surface area contributed by atoms with Gasteiger partial charge in [0.2, 0.25) is 0 Å². The van der Waals surface area contributed by atoms with Crippen LogP contribution in [0.3, 0.4) is 0 Å². The molecule has 4 aromatic rings. The van der Waals surface area contributed by atoms with Gasteiger partial charge in [0.15, 0.2) is 0 Å². The van der Waals surface area contributed by atoms with E-state index in [4.69, 9.17) is 4.74 Å². The number of rotatable bonds is 3. The van der Waals surface area contributed by atoms with Crippen LogP contribution in [0, 0.1) is 6.92 Å². The van der Waals surface area contributed by atoms with Gasteiger partial charge in [0.05, 0.1) is 31.1 Å². The van der Waals surface area contributed by atoms with Gasteiger partial charge in [-0.25, -0.2) is 4.79 Å². The first-order valence-corrected chi connectivity index (χ1v) is 13.0. The van der Waals surface area contributed by atoms with E-state index < -0.39 is 0 Å². The molecule has 1 aliphatic carbocycles. The van der Waals surface area contributed by atoms with Gasteiger partial charge in [-0.2, -0.15) is 0 Å². The standard InChI is InChI=1S/C29H29N3O2S/c1-19-9-7-10-20(17-19)27-24-13-8-16-31(24)28-22(21-11-3-6-15-26(21)35-28)18-32(27)29(33)30-23-12-4-5-14-25(23)34-2/h4-5,7-10,12-14,16-17,27H,3,6,11,15,18H2,1-2H3,(H,30,33)/t27-/m1/s1. The average Bonchev–Trinajstić information content (AvgIpc) is 3.46. The third-order valence-corrected chi connectivity index (χ3v) is 8.48. The Labute approximate surface area is 210 Å². The lowest BCUT2D eigenvalue weighted by Gasteiger charge is -2.31. The number of carbonyl (C=O) groups excluding carboxylic acids is 1. The highest BCUT2D eigenvalue weighted by Gasteiger charge is 2.36. The number of ether oxygens (including phenoxy) is 1. The van der Waals surface area contributed by atoms with Crippen molar-refractivity contribution in [2.24, 2.45) is 0 Å². The number of hydrogen-bond donors (Lipinski definition) is 1. The van der Waals surface area contributed by atoms with Crippen LogP contribution >= 0.6 is 11.3 Å². The van der Waals surface area contributed by atoms with Gasteiger partial charge in [-0.3, -0.25) is 0 Å². The maximum absolute atomic E-state index is 14.0. The van der Waals surface area contributed by atoms with Gasteiger partial charge in [0, 0.05) is 16.6 Å². The fraction of sp³-hybridized carbons (Fsp3) is 0.276. The Bertz CT molecular complexity index is 1400. The minimum atomic E-state index is -0.210. The summed E-state index contributed by atoms with van der Waals surface area (Å²) in [5, 5.41) is 4.42. The molecular weight excluding hydrogens is 454 g/mol. The van der Waals surface area contributed by atoms with Gasteiger partial charge < -0.3 is 19.5 Å². The Morgan fingerprint density at radius 1 is 1.03 bits per heavy atom. The van der Waals surface area contributed by atoms with Crippen LogP contribution in [-0.4, -0.2) is 22.6 Å². The Hall–Kier alpha value is -3.51. The number of para-hydroxylation sites is 2. The first-order chi connectivity index (χ1) is 17.1. The number of aromatic nitrogens is 1. The summed E-state index contributed by atoms with van der Waals surface area (Å²) in [6.07, 6.45) is 6.84. The van der Waals surface area contributed by atoms with Crippen molar-refractivity contribution in [2.45, 2.75) is 45.2 Å². The third kappa shape index (κ3) is 3.82. The van der Waals surface area contributed by atoms with E-state index in [9.17, 15) is 4.79 Å². The highest BCUT2D eigenvalue weighted by atomic mass is 32.1. The van der Waals surface area contributed by atoms with Crippen LogP contribution in [0.5, 0.6) is 5.75 Å². The molecule has 1 aliphatic heterocycles. The second kappa shape index (κ2) is 8.93. The second-order valence-corrected chi connectivity index (χ2v) is 10.5. The summed E-state index contributed by atoms with van der Waals surface area (Å²) in [6.45, 7) is 2.67. The van der Waals surface area contributed by atoms with Crippen LogP contribution in [0.25, 0.3) is 5.00 Å². The van der Waals surface area contributed by atoms with E-state index in [1.165, 1.54) is 39.4 Å². The molecule has 0 saturated carbocycles. The summed E-state index contributed by atoms with van der Waals surface area (Å²) in [6, 6.07) is 20.0. The van der Waals surface area contributed by atoms with Gasteiger partial charge >= 0.3 is 6.03 Å². The monoisotopic (exact) mass is 483 g/mol. The quantitative estimate of drug-likeness (QED) is 0.346. The number of nitrogens with one attached hydrogen (secondary N) is 1. The Balaban J connectivity index is 1.50. The van der Waals surface area contributed by atoms with Crippen molar-refractivity contribution in [1.82, 2.24) is 9.47 Å². The molecule has 6 rings (SSSR count). The SMILES string of the molecule is COc1ccccc1NC(=O)N1Cc2c(sc3c2CCCC3)-n2cccc2[C@H]1c1cccc(C)c1. The number of amides is 2. The first-order valence-electron chi connectivity index (χ1n) is 12.2. The van der Waals surface area contributed by atoms with E-state index in [0.29, 0.717) is 18.0 Å². The van der Waals surface area contributed by atoms with Gasteiger partial charge in [-0.05, 0) is 68.0 Å². The number of aryl methyl sites for hydroxylation is 2. The molecular formula is C29H29N3O2S. The minimum Gasteiger partial charge on any atom is -0.495 e. The largest absolute Gasteiger partial charge is 0.495 e. The fourth-order valence-corrected chi connectivity index (χ4v) is 6.92. The molecule has 35 heavy (non-hydrogen) atoms. The minimum absolute atomic E-state index is 0.127.